The zero-order valence-corrected chi connectivity index (χ0v) is 11.5. The Kier molecular flexibility index (Phi) is 4.60. The van der Waals surface area contributed by atoms with E-state index in [1.54, 1.807) is 18.3 Å². The summed E-state index contributed by atoms with van der Waals surface area (Å²) in [6.07, 6.45) is 1.76. The molecular weight excluding hydrogens is 258 g/mol. The Hall–Kier alpha value is -2.50. The van der Waals surface area contributed by atoms with E-state index in [1.807, 2.05) is 29.9 Å². The highest BCUT2D eigenvalue weighted by atomic mass is 16.6. The molecule has 106 valence electrons. The Bertz CT molecular complexity index is 563. The normalized spacial score (nSPS) is 10.1. The van der Waals surface area contributed by atoms with Gasteiger partial charge in [-0.05, 0) is 30.3 Å². The fourth-order valence-corrected chi connectivity index (χ4v) is 1.64. The molecule has 0 saturated carbocycles. The molecule has 1 N–H and O–H groups in total. The Morgan fingerprint density at radius 3 is 2.65 bits per heavy atom. The van der Waals surface area contributed by atoms with Gasteiger partial charge in [-0.25, -0.2) is 4.79 Å². The van der Waals surface area contributed by atoms with Crippen molar-refractivity contribution in [1.29, 1.82) is 0 Å². The molecule has 0 fully saturated rings. The van der Waals surface area contributed by atoms with Gasteiger partial charge >= 0.3 is 5.97 Å². The molecule has 0 aliphatic rings. The molecule has 0 bridgehead atoms. The Labute approximate surface area is 117 Å². The van der Waals surface area contributed by atoms with Crippen molar-refractivity contribution in [3.63, 3.8) is 0 Å². The summed E-state index contributed by atoms with van der Waals surface area (Å²) in [4.78, 5) is 11.0. The van der Waals surface area contributed by atoms with Crippen molar-refractivity contribution < 1.29 is 14.3 Å². The van der Waals surface area contributed by atoms with Gasteiger partial charge in [0.15, 0.2) is 6.61 Å². The summed E-state index contributed by atoms with van der Waals surface area (Å²) < 4.78 is 11.6. The van der Waals surface area contributed by atoms with Crippen molar-refractivity contribution in [3.05, 3.63) is 42.2 Å². The number of nitrogens with one attached hydrogen (secondary N) is 1. The molecule has 1 heterocycles. The van der Waals surface area contributed by atoms with Crippen LogP contribution in [-0.2, 0) is 23.1 Å². The number of esters is 1. The molecule has 0 radical (unpaired) electrons. The Morgan fingerprint density at radius 1 is 1.30 bits per heavy atom. The third-order valence-electron chi connectivity index (χ3n) is 2.83. The van der Waals surface area contributed by atoms with Gasteiger partial charge < -0.3 is 14.8 Å². The van der Waals surface area contributed by atoms with Crippen molar-refractivity contribution >= 4 is 11.7 Å². The van der Waals surface area contributed by atoms with Crippen LogP contribution in [0.15, 0.2) is 36.5 Å². The zero-order valence-electron chi connectivity index (χ0n) is 11.5. The molecule has 1 aromatic heterocycles. The predicted octanol–water partition coefficient (Wildman–Crippen LogP) is 1.58. The van der Waals surface area contributed by atoms with Crippen LogP contribution >= 0.6 is 0 Å². The second kappa shape index (κ2) is 6.60. The summed E-state index contributed by atoms with van der Waals surface area (Å²) in [5.74, 6) is 0.227. The average molecular weight is 275 g/mol. The summed E-state index contributed by atoms with van der Waals surface area (Å²) in [7, 11) is 3.23. The van der Waals surface area contributed by atoms with Crippen LogP contribution in [0.5, 0.6) is 5.75 Å². The molecular formula is C14H17N3O3. The van der Waals surface area contributed by atoms with Crippen LogP contribution in [0.25, 0.3) is 0 Å². The first-order chi connectivity index (χ1) is 9.69. The van der Waals surface area contributed by atoms with Crippen LogP contribution in [0.4, 0.5) is 5.69 Å². The first kappa shape index (κ1) is 13.9. The SMILES string of the molecule is COC(=O)COc1ccc(NCc2ccnn2C)cc1. The van der Waals surface area contributed by atoms with Crippen molar-refractivity contribution in [2.45, 2.75) is 6.54 Å². The van der Waals surface area contributed by atoms with Crippen molar-refractivity contribution in [1.82, 2.24) is 9.78 Å². The number of methoxy groups -OCH3 is 1. The number of carbonyl (C=O) groups is 1. The van der Waals surface area contributed by atoms with E-state index in [2.05, 4.69) is 15.2 Å². The van der Waals surface area contributed by atoms with Gasteiger partial charge in [0.2, 0.25) is 0 Å². The average Bonchev–Trinajstić information content (AvgIpc) is 2.89. The number of ether oxygens (including phenoxy) is 2. The molecule has 6 nitrogen and oxygen atoms in total. The van der Waals surface area contributed by atoms with E-state index in [9.17, 15) is 4.79 Å². The molecule has 2 rings (SSSR count). The number of benzene rings is 1. The second-order valence-corrected chi connectivity index (χ2v) is 4.19. The maximum absolute atomic E-state index is 11.0. The highest BCUT2D eigenvalue weighted by Crippen LogP contribution is 2.16. The molecule has 0 amide bonds. The van der Waals surface area contributed by atoms with Crippen LogP contribution in [-0.4, -0.2) is 29.5 Å². The summed E-state index contributed by atoms with van der Waals surface area (Å²) in [5.41, 5.74) is 2.06. The lowest BCUT2D eigenvalue weighted by Gasteiger charge is -2.08. The third kappa shape index (κ3) is 3.74. The number of carbonyl (C=O) groups excluding carboxylic acids is 1. The number of hydrogen-bond donors (Lipinski definition) is 1. The monoisotopic (exact) mass is 275 g/mol. The smallest absolute Gasteiger partial charge is 0.343 e. The highest BCUT2D eigenvalue weighted by Gasteiger charge is 2.02. The van der Waals surface area contributed by atoms with Gasteiger partial charge in [0.1, 0.15) is 5.75 Å². The van der Waals surface area contributed by atoms with E-state index >= 15 is 0 Å². The maximum atomic E-state index is 11.0. The van der Waals surface area contributed by atoms with Gasteiger partial charge in [0.25, 0.3) is 0 Å². The van der Waals surface area contributed by atoms with Crippen molar-refractivity contribution in [3.8, 4) is 5.75 Å². The predicted molar refractivity (Wildman–Crippen MR) is 74.5 cm³/mol. The zero-order chi connectivity index (χ0) is 14.4. The number of hydrogen-bond acceptors (Lipinski definition) is 5. The van der Waals surface area contributed by atoms with Crippen LogP contribution < -0.4 is 10.1 Å². The fraction of sp³-hybridized carbons (Fsp3) is 0.286. The first-order valence-electron chi connectivity index (χ1n) is 6.19. The molecule has 0 spiro atoms. The highest BCUT2D eigenvalue weighted by molar-refractivity contribution is 5.70. The fourth-order valence-electron chi connectivity index (χ4n) is 1.64. The number of rotatable bonds is 6. The van der Waals surface area contributed by atoms with Gasteiger partial charge in [-0.15, -0.1) is 0 Å². The van der Waals surface area contributed by atoms with E-state index in [0.29, 0.717) is 12.3 Å². The summed E-state index contributed by atoms with van der Waals surface area (Å²) in [6.45, 7) is 0.608. The Balaban J connectivity index is 1.85. The van der Waals surface area contributed by atoms with E-state index in [-0.39, 0.29) is 6.61 Å². The van der Waals surface area contributed by atoms with Crippen molar-refractivity contribution in [2.75, 3.05) is 19.0 Å². The largest absolute Gasteiger partial charge is 0.482 e. The van der Waals surface area contributed by atoms with Gasteiger partial charge in [-0.2, -0.15) is 5.10 Å². The minimum Gasteiger partial charge on any atom is -0.482 e. The van der Waals surface area contributed by atoms with Gasteiger partial charge in [0.05, 0.1) is 19.3 Å². The quantitative estimate of drug-likeness (QED) is 0.811. The number of anilines is 1. The standard InChI is InChI=1S/C14H17N3O3/c1-17-12(7-8-16-17)9-15-11-3-5-13(6-4-11)20-10-14(18)19-2/h3-8,15H,9-10H2,1-2H3. The maximum Gasteiger partial charge on any atom is 0.343 e. The van der Waals surface area contributed by atoms with Crippen LogP contribution in [0, 0.1) is 0 Å². The van der Waals surface area contributed by atoms with Gasteiger partial charge in [-0.1, -0.05) is 0 Å². The van der Waals surface area contributed by atoms with Crippen molar-refractivity contribution in [2.24, 2.45) is 7.05 Å². The molecule has 0 aliphatic heterocycles. The molecule has 0 atom stereocenters. The Morgan fingerprint density at radius 2 is 2.05 bits per heavy atom. The third-order valence-corrected chi connectivity index (χ3v) is 2.83. The van der Waals surface area contributed by atoms with E-state index < -0.39 is 5.97 Å². The molecule has 0 saturated heterocycles. The lowest BCUT2D eigenvalue weighted by atomic mass is 10.3. The van der Waals surface area contributed by atoms with Gasteiger partial charge in [0, 0.05) is 18.9 Å². The molecule has 1 aromatic carbocycles. The number of aryl methyl sites for hydroxylation is 1. The molecule has 0 aliphatic carbocycles. The van der Waals surface area contributed by atoms with E-state index in [4.69, 9.17) is 4.74 Å². The number of aromatic nitrogens is 2. The minimum atomic E-state index is -0.400. The molecule has 0 unspecified atom stereocenters. The first-order valence-corrected chi connectivity index (χ1v) is 6.19. The lowest BCUT2D eigenvalue weighted by molar-refractivity contribution is -0.142. The minimum absolute atomic E-state index is 0.0850. The van der Waals surface area contributed by atoms with E-state index in [1.165, 1.54) is 7.11 Å². The summed E-state index contributed by atoms with van der Waals surface area (Å²) in [5, 5.41) is 7.39. The summed E-state index contributed by atoms with van der Waals surface area (Å²) >= 11 is 0. The topological polar surface area (TPSA) is 65.4 Å². The number of nitrogens with zero attached hydrogens (tertiary/aromatic N) is 2. The van der Waals surface area contributed by atoms with Crippen LogP contribution in [0.1, 0.15) is 5.69 Å². The lowest BCUT2D eigenvalue weighted by Crippen LogP contribution is -2.12. The van der Waals surface area contributed by atoms with Gasteiger partial charge in [-0.3, -0.25) is 4.68 Å². The second-order valence-electron chi connectivity index (χ2n) is 4.19. The summed E-state index contributed by atoms with van der Waals surface area (Å²) in [6, 6.07) is 9.34. The van der Waals surface area contributed by atoms with Crippen LogP contribution in [0.2, 0.25) is 0 Å². The molecule has 20 heavy (non-hydrogen) atoms. The van der Waals surface area contributed by atoms with Crippen LogP contribution in [0.3, 0.4) is 0 Å². The van der Waals surface area contributed by atoms with E-state index in [0.717, 1.165) is 11.4 Å². The molecule has 2 aromatic rings. The molecule has 6 heteroatoms.